The Bertz CT molecular complexity index is 1420. The molecule has 0 fully saturated rings. The highest BCUT2D eigenvalue weighted by Gasteiger charge is 2.42. The first-order chi connectivity index (χ1) is 17.2. The molecular weight excluding hydrogens is 502 g/mol. The van der Waals surface area contributed by atoms with Gasteiger partial charge in [-0.15, -0.1) is 5.10 Å². The van der Waals surface area contributed by atoms with Gasteiger partial charge in [0.1, 0.15) is 6.04 Å². The van der Waals surface area contributed by atoms with E-state index in [1.807, 2.05) is 38.1 Å². The molecule has 1 atom stereocenters. The molecule has 1 unspecified atom stereocenters. The van der Waals surface area contributed by atoms with Crippen LogP contribution in [0.15, 0.2) is 58.9 Å². The van der Waals surface area contributed by atoms with Gasteiger partial charge in [-0.25, -0.2) is 4.68 Å². The first-order valence-electron chi connectivity index (χ1n) is 11.4. The summed E-state index contributed by atoms with van der Waals surface area (Å²) in [6.45, 7) is 4.10. The van der Waals surface area contributed by atoms with Gasteiger partial charge in [0.05, 0.1) is 12.0 Å². The summed E-state index contributed by atoms with van der Waals surface area (Å²) >= 11 is 7.73. The van der Waals surface area contributed by atoms with Gasteiger partial charge in [-0.2, -0.15) is 4.98 Å². The van der Waals surface area contributed by atoms with Crippen LogP contribution in [-0.2, 0) is 10.5 Å². The van der Waals surface area contributed by atoms with Gasteiger partial charge in [0.25, 0.3) is 0 Å². The minimum absolute atomic E-state index is 0.0105. The number of nitrogens with zero attached hydrogens (tertiary/aromatic N) is 4. The van der Waals surface area contributed by atoms with E-state index in [9.17, 15) is 14.9 Å². The maximum absolute atomic E-state index is 13.4. The van der Waals surface area contributed by atoms with E-state index < -0.39 is 11.0 Å². The number of carbonyl (C=O) groups excluding carboxylic acids is 1. The number of carbonyl (C=O) groups is 1. The smallest absolute Gasteiger partial charge is 0.311 e. The van der Waals surface area contributed by atoms with Gasteiger partial charge in [0.15, 0.2) is 11.5 Å². The molecule has 5 rings (SSSR count). The summed E-state index contributed by atoms with van der Waals surface area (Å²) in [6, 6.07) is 11.7. The predicted octanol–water partition coefficient (Wildman–Crippen LogP) is 5.80. The summed E-state index contributed by atoms with van der Waals surface area (Å²) in [4.78, 5) is 29.3. The highest BCUT2D eigenvalue weighted by molar-refractivity contribution is 7.98. The summed E-state index contributed by atoms with van der Waals surface area (Å²) < 4.78 is 6.83. The number of ether oxygens (including phenoxy) is 1. The largest absolute Gasteiger partial charge is 0.490 e. The van der Waals surface area contributed by atoms with Crippen LogP contribution in [0.25, 0.3) is 0 Å². The number of methoxy groups -OCH3 is 1. The van der Waals surface area contributed by atoms with Crippen LogP contribution in [0, 0.1) is 15.5 Å². The van der Waals surface area contributed by atoms with E-state index in [0.29, 0.717) is 45.9 Å². The standard InChI is InChI=1S/C25H24ClN5O4S/c1-25(2)11-17-21(19(32)12-25)22(14-8-9-20(35-3)18(10-14)31(33)34)30-23(27-17)28-24(29-30)36-13-15-6-4-5-7-16(15)26/h4-10,22H,11-13H2,1-3H3,(H,27,28,29). The second-order valence-electron chi connectivity index (χ2n) is 9.59. The van der Waals surface area contributed by atoms with Crippen molar-refractivity contribution in [1.82, 2.24) is 14.8 Å². The minimum atomic E-state index is -0.647. The summed E-state index contributed by atoms with van der Waals surface area (Å²) in [5.74, 6) is 1.20. The molecule has 11 heteroatoms. The normalized spacial score (nSPS) is 18.3. The number of ketones is 1. The molecule has 0 radical (unpaired) electrons. The average Bonchev–Trinajstić information content (AvgIpc) is 3.23. The van der Waals surface area contributed by atoms with Crippen molar-refractivity contribution in [1.29, 1.82) is 0 Å². The van der Waals surface area contributed by atoms with Crippen LogP contribution < -0.4 is 10.1 Å². The maximum Gasteiger partial charge on any atom is 0.311 e. The lowest BCUT2D eigenvalue weighted by atomic mass is 9.73. The number of thioether (sulfide) groups is 1. The number of benzene rings is 2. The van der Waals surface area contributed by atoms with E-state index in [4.69, 9.17) is 21.4 Å². The molecule has 2 aliphatic rings. The molecule has 0 amide bonds. The summed E-state index contributed by atoms with van der Waals surface area (Å²) in [6.07, 6.45) is 1.03. The molecule has 36 heavy (non-hydrogen) atoms. The Kier molecular flexibility index (Phi) is 6.25. The van der Waals surface area contributed by atoms with Gasteiger partial charge in [-0.3, -0.25) is 14.9 Å². The van der Waals surface area contributed by atoms with Crippen molar-refractivity contribution >= 4 is 40.8 Å². The Hall–Kier alpha value is -3.37. The van der Waals surface area contributed by atoms with Crippen LogP contribution in [0.3, 0.4) is 0 Å². The van der Waals surface area contributed by atoms with Crippen molar-refractivity contribution < 1.29 is 14.5 Å². The first-order valence-corrected chi connectivity index (χ1v) is 12.7. The van der Waals surface area contributed by atoms with E-state index in [-0.39, 0.29) is 22.6 Å². The van der Waals surface area contributed by atoms with Gasteiger partial charge in [-0.1, -0.05) is 61.5 Å². The van der Waals surface area contributed by atoms with Crippen molar-refractivity contribution in [3.63, 3.8) is 0 Å². The third-order valence-electron chi connectivity index (χ3n) is 6.34. The maximum atomic E-state index is 13.4. The zero-order valence-corrected chi connectivity index (χ0v) is 21.5. The van der Waals surface area contributed by atoms with Crippen LogP contribution in [-0.4, -0.2) is 32.6 Å². The van der Waals surface area contributed by atoms with Crippen LogP contribution in [0.4, 0.5) is 11.6 Å². The molecule has 0 saturated carbocycles. The van der Waals surface area contributed by atoms with Gasteiger partial charge in [0.2, 0.25) is 11.1 Å². The molecule has 0 saturated heterocycles. The number of fused-ring (bicyclic) bond motifs is 1. The molecule has 1 N–H and O–H groups in total. The highest BCUT2D eigenvalue weighted by atomic mass is 35.5. The third-order valence-corrected chi connectivity index (χ3v) is 7.60. The summed E-state index contributed by atoms with van der Waals surface area (Å²) in [5, 5.41) is 20.9. The molecule has 186 valence electrons. The van der Waals surface area contributed by atoms with E-state index in [0.717, 1.165) is 11.3 Å². The van der Waals surface area contributed by atoms with E-state index in [1.165, 1.54) is 24.9 Å². The SMILES string of the molecule is COc1ccc(C2C3=C(CC(C)(C)CC3=O)Nc3nc(SCc4ccccc4Cl)nn32)cc1[N+](=O)[O-]. The molecule has 0 bridgehead atoms. The lowest BCUT2D eigenvalue weighted by molar-refractivity contribution is -0.385. The van der Waals surface area contributed by atoms with Gasteiger partial charge in [-0.05, 0) is 35.1 Å². The number of halogens is 1. The fraction of sp³-hybridized carbons (Fsp3) is 0.320. The second kappa shape index (κ2) is 9.25. The number of nitrogens with one attached hydrogen (secondary N) is 1. The summed E-state index contributed by atoms with van der Waals surface area (Å²) in [7, 11) is 1.39. The first kappa shape index (κ1) is 24.3. The van der Waals surface area contributed by atoms with Crippen molar-refractivity contribution in [3.8, 4) is 5.75 Å². The van der Waals surface area contributed by atoms with Crippen molar-refractivity contribution in [2.75, 3.05) is 12.4 Å². The van der Waals surface area contributed by atoms with Crippen LogP contribution >= 0.6 is 23.4 Å². The average molecular weight is 526 g/mol. The molecule has 1 aromatic heterocycles. The molecule has 0 spiro atoms. The van der Waals surface area contributed by atoms with Crippen LogP contribution in [0.2, 0.25) is 5.02 Å². The molecule has 9 nitrogen and oxygen atoms in total. The number of allylic oxidation sites excluding steroid dienone is 2. The van der Waals surface area contributed by atoms with Crippen molar-refractivity contribution in [3.05, 3.63) is 80.0 Å². The number of nitro benzene ring substituents is 1. The van der Waals surface area contributed by atoms with Crippen molar-refractivity contribution in [2.45, 2.75) is 43.6 Å². The van der Waals surface area contributed by atoms with Gasteiger partial charge in [0, 0.05) is 34.5 Å². The molecular formula is C25H24ClN5O4S. The Morgan fingerprint density at radius 2 is 2.06 bits per heavy atom. The minimum Gasteiger partial charge on any atom is -0.490 e. The Labute approximate surface area is 217 Å². The molecule has 1 aliphatic heterocycles. The Balaban J connectivity index is 1.58. The highest BCUT2D eigenvalue weighted by Crippen LogP contribution is 2.46. The number of hydrogen-bond acceptors (Lipinski definition) is 8. The molecule has 2 heterocycles. The van der Waals surface area contributed by atoms with Gasteiger partial charge >= 0.3 is 5.69 Å². The number of aromatic nitrogens is 3. The number of nitro groups is 1. The Morgan fingerprint density at radius 1 is 1.28 bits per heavy atom. The monoisotopic (exact) mass is 525 g/mol. The topological polar surface area (TPSA) is 112 Å². The molecule has 3 aromatic rings. The van der Waals surface area contributed by atoms with Gasteiger partial charge < -0.3 is 10.1 Å². The number of rotatable bonds is 6. The zero-order chi connectivity index (χ0) is 25.6. The van der Waals surface area contributed by atoms with E-state index in [1.54, 1.807) is 16.8 Å². The lowest BCUT2D eigenvalue weighted by Crippen LogP contribution is -2.36. The number of hydrogen-bond donors (Lipinski definition) is 1. The van der Waals surface area contributed by atoms with E-state index >= 15 is 0 Å². The molecule has 1 aliphatic carbocycles. The van der Waals surface area contributed by atoms with Crippen LogP contribution in [0.1, 0.15) is 43.9 Å². The van der Waals surface area contributed by atoms with Crippen LogP contribution in [0.5, 0.6) is 5.75 Å². The second-order valence-corrected chi connectivity index (χ2v) is 10.9. The fourth-order valence-electron chi connectivity index (χ4n) is 4.74. The number of Topliss-reactive ketones (excluding diaryl/α,β-unsaturated/α-hetero) is 1. The molecule has 2 aromatic carbocycles. The van der Waals surface area contributed by atoms with E-state index in [2.05, 4.69) is 10.3 Å². The third kappa shape index (κ3) is 4.46. The Morgan fingerprint density at radius 3 is 2.78 bits per heavy atom. The summed E-state index contributed by atoms with van der Waals surface area (Å²) in [5.41, 5.74) is 2.48. The predicted molar refractivity (Wildman–Crippen MR) is 137 cm³/mol. The quantitative estimate of drug-likeness (QED) is 0.244. The fourth-order valence-corrected chi connectivity index (χ4v) is 5.85. The van der Waals surface area contributed by atoms with Crippen molar-refractivity contribution in [2.24, 2.45) is 5.41 Å². The zero-order valence-electron chi connectivity index (χ0n) is 19.9. The lowest BCUT2D eigenvalue weighted by Gasteiger charge is -2.38. The number of anilines is 1.